The summed E-state index contributed by atoms with van der Waals surface area (Å²) in [6, 6.07) is 0. The summed E-state index contributed by atoms with van der Waals surface area (Å²) in [5.41, 5.74) is 0. The minimum Gasteiger partial charge on any atom is -0.469 e. The van der Waals surface area contributed by atoms with E-state index in [0.717, 1.165) is 51.4 Å². The van der Waals surface area contributed by atoms with E-state index >= 15 is 0 Å². The van der Waals surface area contributed by atoms with E-state index in [1.165, 1.54) is 26.4 Å². The van der Waals surface area contributed by atoms with Crippen LogP contribution in [0, 0.1) is 0 Å². The van der Waals surface area contributed by atoms with Crippen molar-refractivity contribution in [3.8, 4) is 0 Å². The molecule has 0 aromatic carbocycles. The van der Waals surface area contributed by atoms with Crippen LogP contribution < -0.4 is 0 Å². The SMILES string of the molecule is CCCCCC(O[Si](C)(C)C)C(CCCCC(O[Si](C)(C)C)C(CCCCC(=O)OC)O[Si](C)(C)C)O[Si](C)(C)C. The lowest BCUT2D eigenvalue weighted by atomic mass is 9.98. The minimum absolute atomic E-state index is 0.0667. The first-order chi connectivity index (χ1) is 18.7. The largest absolute Gasteiger partial charge is 0.469 e. The normalized spacial score (nSPS) is 16.3. The number of unbranched alkanes of at least 4 members (excludes halogenated alkanes) is 4. The van der Waals surface area contributed by atoms with Gasteiger partial charge in [-0.1, -0.05) is 45.4 Å². The average molecular weight is 651 g/mol. The standard InChI is InChI=1S/C31H70O6Si4/c1-15-16-17-22-27(34-38(3,4)5)28(35-39(6,7)8)23-18-19-24-29(36-40(9,10)11)30(37-41(12,13)14)25-20-21-26-31(32)33-2/h27-30H,15-26H2,1-14H3. The molecule has 0 radical (unpaired) electrons. The summed E-state index contributed by atoms with van der Waals surface area (Å²) in [4.78, 5) is 11.6. The number of methoxy groups -OCH3 is 1. The molecule has 0 aliphatic rings. The zero-order chi connectivity index (χ0) is 31.9. The Morgan fingerprint density at radius 2 is 0.756 bits per heavy atom. The number of carbonyl (C=O) groups is 1. The molecular weight excluding hydrogens is 581 g/mol. The molecule has 0 aliphatic heterocycles. The fraction of sp³-hybridized carbons (Fsp3) is 0.968. The third kappa shape index (κ3) is 24.2. The maximum absolute atomic E-state index is 11.6. The van der Waals surface area contributed by atoms with Gasteiger partial charge in [0.15, 0.2) is 33.3 Å². The molecule has 41 heavy (non-hydrogen) atoms. The molecule has 0 aromatic rings. The summed E-state index contributed by atoms with van der Waals surface area (Å²) < 4.78 is 32.0. The molecule has 0 aromatic heterocycles. The van der Waals surface area contributed by atoms with Crippen molar-refractivity contribution in [1.82, 2.24) is 0 Å². The van der Waals surface area contributed by atoms with Crippen LogP contribution in [0.15, 0.2) is 0 Å². The Morgan fingerprint density at radius 3 is 1.00 bits per heavy atom. The van der Waals surface area contributed by atoms with Crippen LogP contribution in [0.4, 0.5) is 0 Å². The highest BCUT2D eigenvalue weighted by Gasteiger charge is 2.34. The molecule has 0 fully saturated rings. The first-order valence-electron chi connectivity index (χ1n) is 16.4. The number of carbonyl (C=O) groups excluding carboxylic acids is 1. The predicted molar refractivity (Wildman–Crippen MR) is 186 cm³/mol. The summed E-state index contributed by atoms with van der Waals surface area (Å²) in [6.07, 6.45) is 12.6. The van der Waals surface area contributed by atoms with Crippen molar-refractivity contribution in [3.63, 3.8) is 0 Å². The molecule has 10 heteroatoms. The van der Waals surface area contributed by atoms with Crippen molar-refractivity contribution in [2.45, 2.75) is 187 Å². The summed E-state index contributed by atoms with van der Waals surface area (Å²) in [5, 5.41) is 0. The molecule has 0 spiro atoms. The van der Waals surface area contributed by atoms with E-state index in [4.69, 9.17) is 22.4 Å². The van der Waals surface area contributed by atoms with Gasteiger partial charge in [-0.3, -0.25) is 4.79 Å². The highest BCUT2D eigenvalue weighted by Crippen LogP contribution is 2.28. The van der Waals surface area contributed by atoms with Crippen LogP contribution in [0.3, 0.4) is 0 Å². The molecule has 0 heterocycles. The van der Waals surface area contributed by atoms with Crippen LogP contribution in [-0.2, 0) is 27.2 Å². The third-order valence-electron chi connectivity index (χ3n) is 6.52. The summed E-state index contributed by atoms with van der Waals surface area (Å²) >= 11 is 0. The van der Waals surface area contributed by atoms with E-state index in [2.05, 4.69) is 85.5 Å². The van der Waals surface area contributed by atoms with E-state index in [0.29, 0.717) is 6.42 Å². The van der Waals surface area contributed by atoms with Gasteiger partial charge in [-0.25, -0.2) is 0 Å². The maximum Gasteiger partial charge on any atom is 0.305 e. The van der Waals surface area contributed by atoms with Crippen molar-refractivity contribution in [2.75, 3.05) is 7.11 Å². The van der Waals surface area contributed by atoms with Gasteiger partial charge in [0.2, 0.25) is 0 Å². The van der Waals surface area contributed by atoms with E-state index < -0.39 is 33.3 Å². The first-order valence-corrected chi connectivity index (χ1v) is 30.1. The van der Waals surface area contributed by atoms with Crippen molar-refractivity contribution in [2.24, 2.45) is 0 Å². The van der Waals surface area contributed by atoms with E-state index in [1.807, 2.05) is 0 Å². The molecule has 246 valence electrons. The zero-order valence-corrected chi connectivity index (χ0v) is 33.7. The Bertz CT molecular complexity index is 695. The van der Waals surface area contributed by atoms with Crippen LogP contribution in [0.2, 0.25) is 78.6 Å². The Morgan fingerprint density at radius 1 is 0.488 bits per heavy atom. The summed E-state index contributed by atoms with van der Waals surface area (Å²) in [7, 11) is -5.52. The molecule has 0 saturated carbocycles. The fourth-order valence-corrected chi connectivity index (χ4v) is 9.81. The molecule has 4 unspecified atom stereocenters. The van der Waals surface area contributed by atoms with Gasteiger partial charge in [-0.2, -0.15) is 0 Å². The molecule has 4 atom stereocenters. The van der Waals surface area contributed by atoms with Crippen molar-refractivity contribution in [3.05, 3.63) is 0 Å². The highest BCUT2D eigenvalue weighted by molar-refractivity contribution is 6.71. The molecule has 0 N–H and O–H groups in total. The molecule has 0 amide bonds. The molecule has 0 bridgehead atoms. The number of hydrogen-bond donors (Lipinski definition) is 0. The number of rotatable bonds is 24. The quantitative estimate of drug-likeness (QED) is 0.0589. The monoisotopic (exact) mass is 650 g/mol. The molecule has 0 rings (SSSR count). The Kier molecular flexibility index (Phi) is 19.6. The van der Waals surface area contributed by atoms with Crippen molar-refractivity contribution in [1.29, 1.82) is 0 Å². The third-order valence-corrected chi connectivity index (χ3v) is 10.6. The van der Waals surface area contributed by atoms with Gasteiger partial charge >= 0.3 is 5.97 Å². The van der Waals surface area contributed by atoms with Gasteiger partial charge in [-0.05, 0) is 111 Å². The topological polar surface area (TPSA) is 63.2 Å². The van der Waals surface area contributed by atoms with E-state index in [9.17, 15) is 4.79 Å². The van der Waals surface area contributed by atoms with Crippen LogP contribution in [0.5, 0.6) is 0 Å². The lowest BCUT2D eigenvalue weighted by Gasteiger charge is -2.37. The van der Waals surface area contributed by atoms with Gasteiger partial charge in [0.25, 0.3) is 0 Å². The van der Waals surface area contributed by atoms with Crippen molar-refractivity contribution >= 4 is 39.2 Å². The van der Waals surface area contributed by atoms with Gasteiger partial charge < -0.3 is 22.4 Å². The number of hydrogen-bond acceptors (Lipinski definition) is 6. The molecule has 6 nitrogen and oxygen atoms in total. The Hall–Kier alpha value is 0.178. The van der Waals surface area contributed by atoms with E-state index in [1.54, 1.807) is 0 Å². The summed E-state index contributed by atoms with van der Waals surface area (Å²) in [6.45, 7) is 29.7. The maximum atomic E-state index is 11.6. The van der Waals surface area contributed by atoms with Crippen LogP contribution in [-0.4, -0.2) is 70.8 Å². The smallest absolute Gasteiger partial charge is 0.305 e. The number of esters is 1. The molecular formula is C31H70O6Si4. The second kappa shape index (κ2) is 19.5. The second-order valence-corrected chi connectivity index (χ2v) is 33.5. The predicted octanol–water partition coefficient (Wildman–Crippen LogP) is 9.74. The Balaban J connectivity index is 5.60. The second-order valence-electron chi connectivity index (χ2n) is 15.7. The van der Waals surface area contributed by atoms with Crippen LogP contribution in [0.25, 0.3) is 0 Å². The average Bonchev–Trinajstić information content (AvgIpc) is 2.78. The van der Waals surface area contributed by atoms with Crippen molar-refractivity contribution < 1.29 is 27.2 Å². The minimum atomic E-state index is -1.78. The van der Waals surface area contributed by atoms with Gasteiger partial charge in [0.1, 0.15) is 0 Å². The molecule has 0 saturated heterocycles. The van der Waals surface area contributed by atoms with Gasteiger partial charge in [0, 0.05) is 6.42 Å². The lowest BCUT2D eigenvalue weighted by Crippen LogP contribution is -2.45. The van der Waals surface area contributed by atoms with E-state index in [-0.39, 0.29) is 30.4 Å². The highest BCUT2D eigenvalue weighted by atomic mass is 28.4. The fourth-order valence-electron chi connectivity index (χ4n) is 5.10. The molecule has 0 aliphatic carbocycles. The van der Waals surface area contributed by atoms with Gasteiger partial charge in [-0.15, -0.1) is 0 Å². The lowest BCUT2D eigenvalue weighted by molar-refractivity contribution is -0.140. The number of ether oxygens (including phenoxy) is 1. The van der Waals surface area contributed by atoms with Crippen LogP contribution >= 0.6 is 0 Å². The van der Waals surface area contributed by atoms with Crippen LogP contribution in [0.1, 0.15) is 84.0 Å². The first kappa shape index (κ1) is 41.2. The zero-order valence-electron chi connectivity index (χ0n) is 29.7. The Labute approximate surface area is 259 Å². The summed E-state index contributed by atoms with van der Waals surface area (Å²) in [5.74, 6) is -0.135. The van der Waals surface area contributed by atoms with Gasteiger partial charge in [0.05, 0.1) is 31.5 Å².